The number of benzene rings is 1. The lowest BCUT2D eigenvalue weighted by molar-refractivity contribution is 0.416. The number of hydrogen-bond acceptors (Lipinski definition) is 2. The Morgan fingerprint density at radius 2 is 1.95 bits per heavy atom. The molecule has 2 nitrogen and oxygen atoms in total. The van der Waals surface area contributed by atoms with E-state index in [1.54, 1.807) is 0 Å². The number of pyridine rings is 1. The van der Waals surface area contributed by atoms with Gasteiger partial charge >= 0.3 is 0 Å². The number of aromatic nitrogens is 1. The van der Waals surface area contributed by atoms with Crippen LogP contribution in [0.2, 0.25) is 0 Å². The first-order valence-corrected chi connectivity index (χ1v) is 7.02. The molecule has 1 heterocycles. The van der Waals surface area contributed by atoms with E-state index in [2.05, 4.69) is 36.2 Å². The van der Waals surface area contributed by atoms with Crippen LogP contribution in [0, 0.1) is 6.92 Å². The zero-order valence-electron chi connectivity index (χ0n) is 11.3. The first-order valence-electron chi connectivity index (χ1n) is 7.02. The van der Waals surface area contributed by atoms with Crippen molar-refractivity contribution in [3.63, 3.8) is 0 Å². The van der Waals surface area contributed by atoms with Crippen molar-refractivity contribution in [1.29, 1.82) is 0 Å². The van der Waals surface area contributed by atoms with Crippen molar-refractivity contribution in [2.24, 2.45) is 5.73 Å². The van der Waals surface area contributed by atoms with Crippen LogP contribution >= 0.6 is 0 Å². The quantitative estimate of drug-likeness (QED) is 0.904. The van der Waals surface area contributed by atoms with Crippen LogP contribution < -0.4 is 5.73 Å². The lowest BCUT2D eigenvalue weighted by Gasteiger charge is -2.29. The van der Waals surface area contributed by atoms with E-state index in [-0.39, 0.29) is 6.04 Å². The molecule has 1 unspecified atom stereocenters. The molecular formula is C17H20N2. The van der Waals surface area contributed by atoms with Gasteiger partial charge in [-0.3, -0.25) is 4.98 Å². The van der Waals surface area contributed by atoms with E-state index in [4.69, 9.17) is 5.73 Å². The Morgan fingerprint density at radius 1 is 1.16 bits per heavy atom. The van der Waals surface area contributed by atoms with E-state index in [9.17, 15) is 0 Å². The number of aryl methyl sites for hydroxylation is 1. The zero-order chi connectivity index (χ0) is 13.2. The monoisotopic (exact) mass is 252 g/mol. The van der Waals surface area contributed by atoms with Crippen LogP contribution in [0.5, 0.6) is 0 Å². The van der Waals surface area contributed by atoms with E-state index < -0.39 is 0 Å². The van der Waals surface area contributed by atoms with Gasteiger partial charge in [0.05, 0.1) is 6.04 Å². The number of hydrogen-bond donors (Lipinski definition) is 1. The predicted octanol–water partition coefficient (Wildman–Crippen LogP) is 3.71. The summed E-state index contributed by atoms with van der Waals surface area (Å²) in [4.78, 5) is 4.22. The fraction of sp³-hybridized carbons (Fsp3) is 0.353. The van der Waals surface area contributed by atoms with E-state index in [1.807, 2.05) is 18.5 Å². The maximum Gasteiger partial charge on any atom is 0.0572 e. The predicted molar refractivity (Wildman–Crippen MR) is 78.0 cm³/mol. The molecule has 0 bridgehead atoms. The molecule has 98 valence electrons. The Hall–Kier alpha value is -1.67. The van der Waals surface area contributed by atoms with Gasteiger partial charge in [-0.05, 0) is 54.0 Å². The fourth-order valence-corrected chi connectivity index (χ4v) is 2.85. The molecule has 19 heavy (non-hydrogen) atoms. The summed E-state index contributed by atoms with van der Waals surface area (Å²) in [6.45, 7) is 2.10. The topological polar surface area (TPSA) is 38.9 Å². The summed E-state index contributed by atoms with van der Waals surface area (Å²) in [5.41, 5.74) is 11.5. The van der Waals surface area contributed by atoms with Crippen molar-refractivity contribution in [3.05, 3.63) is 65.0 Å². The van der Waals surface area contributed by atoms with E-state index >= 15 is 0 Å². The summed E-state index contributed by atoms with van der Waals surface area (Å²) in [5, 5.41) is 0. The Kier molecular flexibility index (Phi) is 3.34. The highest BCUT2D eigenvalue weighted by Gasteiger charge is 2.24. The number of nitrogens with zero attached hydrogens (tertiary/aromatic N) is 1. The van der Waals surface area contributed by atoms with E-state index in [0.29, 0.717) is 5.92 Å². The van der Waals surface area contributed by atoms with Gasteiger partial charge in [0, 0.05) is 12.4 Å². The van der Waals surface area contributed by atoms with Gasteiger partial charge in [-0.1, -0.05) is 30.7 Å². The molecule has 0 aliphatic heterocycles. The van der Waals surface area contributed by atoms with Gasteiger partial charge in [0.15, 0.2) is 0 Å². The van der Waals surface area contributed by atoms with Crippen LogP contribution in [0.25, 0.3) is 0 Å². The summed E-state index contributed by atoms with van der Waals surface area (Å²) in [6, 6.07) is 10.6. The summed E-state index contributed by atoms with van der Waals surface area (Å²) in [5.74, 6) is 0.708. The van der Waals surface area contributed by atoms with Gasteiger partial charge < -0.3 is 5.73 Å². The molecule has 0 spiro atoms. The lowest BCUT2D eigenvalue weighted by Crippen LogP contribution is -2.19. The van der Waals surface area contributed by atoms with Crippen LogP contribution in [-0.2, 0) is 0 Å². The summed E-state index contributed by atoms with van der Waals surface area (Å²) in [6.07, 6.45) is 7.67. The second-order valence-corrected chi connectivity index (χ2v) is 5.47. The van der Waals surface area contributed by atoms with Gasteiger partial charge in [0.25, 0.3) is 0 Å². The van der Waals surface area contributed by atoms with Crippen LogP contribution in [0.15, 0.2) is 42.7 Å². The van der Waals surface area contributed by atoms with Crippen LogP contribution in [-0.4, -0.2) is 4.98 Å². The molecule has 2 N–H and O–H groups in total. The van der Waals surface area contributed by atoms with Gasteiger partial charge in [0.1, 0.15) is 0 Å². The molecule has 0 saturated heterocycles. The second kappa shape index (κ2) is 5.14. The third-order valence-electron chi connectivity index (χ3n) is 4.29. The van der Waals surface area contributed by atoms with Crippen molar-refractivity contribution >= 4 is 0 Å². The summed E-state index contributed by atoms with van der Waals surface area (Å²) >= 11 is 0. The van der Waals surface area contributed by atoms with Gasteiger partial charge in [-0.15, -0.1) is 0 Å². The molecule has 2 aromatic rings. The maximum atomic E-state index is 6.49. The number of nitrogens with two attached hydrogens (primary N) is 1. The number of rotatable bonds is 3. The first kappa shape index (κ1) is 12.4. The van der Waals surface area contributed by atoms with Gasteiger partial charge in [-0.2, -0.15) is 0 Å². The SMILES string of the molecule is Cc1ccncc1C(N)c1ccccc1C1CCC1. The van der Waals surface area contributed by atoms with Crippen LogP contribution in [0.4, 0.5) is 0 Å². The first-order chi connectivity index (χ1) is 9.27. The third kappa shape index (κ3) is 2.28. The molecule has 1 saturated carbocycles. The van der Waals surface area contributed by atoms with Crippen LogP contribution in [0.3, 0.4) is 0 Å². The Bertz CT molecular complexity index is 573. The van der Waals surface area contributed by atoms with Crippen molar-refractivity contribution in [1.82, 2.24) is 4.98 Å². The van der Waals surface area contributed by atoms with Gasteiger partial charge in [-0.25, -0.2) is 0 Å². The largest absolute Gasteiger partial charge is 0.320 e. The molecule has 1 fully saturated rings. The smallest absolute Gasteiger partial charge is 0.0572 e. The molecule has 0 radical (unpaired) electrons. The minimum absolute atomic E-state index is 0.0644. The second-order valence-electron chi connectivity index (χ2n) is 5.47. The highest BCUT2D eigenvalue weighted by atomic mass is 14.7. The Balaban J connectivity index is 2.00. The minimum Gasteiger partial charge on any atom is -0.320 e. The van der Waals surface area contributed by atoms with Crippen molar-refractivity contribution in [3.8, 4) is 0 Å². The van der Waals surface area contributed by atoms with Crippen molar-refractivity contribution < 1.29 is 0 Å². The fourth-order valence-electron chi connectivity index (χ4n) is 2.85. The zero-order valence-corrected chi connectivity index (χ0v) is 11.3. The highest BCUT2D eigenvalue weighted by molar-refractivity contribution is 5.41. The van der Waals surface area contributed by atoms with E-state index in [0.717, 1.165) is 5.56 Å². The molecule has 0 amide bonds. The molecule has 1 atom stereocenters. The normalized spacial score (nSPS) is 16.9. The Morgan fingerprint density at radius 3 is 2.63 bits per heavy atom. The molecule has 3 rings (SSSR count). The average molecular weight is 252 g/mol. The molecule has 1 aromatic carbocycles. The molecular weight excluding hydrogens is 232 g/mol. The highest BCUT2D eigenvalue weighted by Crippen LogP contribution is 2.40. The average Bonchev–Trinajstić information content (AvgIpc) is 2.37. The van der Waals surface area contributed by atoms with Crippen LogP contribution in [0.1, 0.15) is 53.5 Å². The maximum absolute atomic E-state index is 6.49. The van der Waals surface area contributed by atoms with Crippen molar-refractivity contribution in [2.45, 2.75) is 38.1 Å². The molecule has 1 aromatic heterocycles. The van der Waals surface area contributed by atoms with E-state index in [1.165, 1.54) is 36.0 Å². The Labute approximate surface area is 114 Å². The summed E-state index contributed by atoms with van der Waals surface area (Å²) in [7, 11) is 0. The minimum atomic E-state index is -0.0644. The lowest BCUT2D eigenvalue weighted by atomic mass is 9.76. The third-order valence-corrected chi connectivity index (χ3v) is 4.29. The summed E-state index contributed by atoms with van der Waals surface area (Å²) < 4.78 is 0. The van der Waals surface area contributed by atoms with Gasteiger partial charge in [0.2, 0.25) is 0 Å². The standard InChI is InChI=1S/C17H20N2/c1-12-9-10-19-11-16(12)17(18)15-8-3-2-7-14(15)13-5-4-6-13/h2-3,7-11,13,17H,4-6,18H2,1H3. The van der Waals surface area contributed by atoms with Crippen molar-refractivity contribution in [2.75, 3.05) is 0 Å². The molecule has 1 aliphatic rings. The molecule has 2 heteroatoms. The molecule has 1 aliphatic carbocycles.